The summed E-state index contributed by atoms with van der Waals surface area (Å²) in [5.41, 5.74) is 0. The molecule has 0 aromatic carbocycles. The molecule has 8 nitrogen and oxygen atoms in total. The molecular formula is C53H120Cl2N2O6Si2. The van der Waals surface area contributed by atoms with E-state index in [0.717, 1.165) is 36.0 Å². The number of hydrogen-bond donors (Lipinski definition) is 0. The second-order valence-electron chi connectivity index (χ2n) is 19.3. The molecule has 0 fully saturated rings. The van der Waals surface area contributed by atoms with E-state index in [2.05, 4.69) is 46.9 Å². The van der Waals surface area contributed by atoms with E-state index in [1.165, 1.54) is 219 Å². The molecule has 0 aromatic rings. The van der Waals surface area contributed by atoms with E-state index in [9.17, 15) is 0 Å². The van der Waals surface area contributed by atoms with Crippen LogP contribution in [0.15, 0.2) is 0 Å². The standard InChI is InChI=1S/C26H58NO3Si.C20H43N.C6H15ClO3Si.CH4.ClH/c1-7-8-9-10-11-12-13-14-15-16-17-18-19-20-21-22-24-27(2,3)25-23-26-31(28-4,29-5)30-6;1-4-5-6-7-8-9-10-11-12-13-14-15-16-17-18-19-20-21(2)3;1-8-11(9-2,10-3)6-4-5-7;;/h7-26H2,1-6H3;4-20H2,1-3H3;4-6H2,1-3H3;1H4;1H/q+1;;;;/p-1. The van der Waals surface area contributed by atoms with E-state index in [1.54, 1.807) is 42.7 Å². The second-order valence-corrected chi connectivity index (χ2v) is 25.8. The number of hydrogen-bond acceptors (Lipinski definition) is 7. The molecule has 0 amide bonds. The maximum atomic E-state index is 5.53. The molecule has 0 radical (unpaired) electrons. The molecule has 12 heteroatoms. The summed E-state index contributed by atoms with van der Waals surface area (Å²) in [5, 5.41) is 0. The second kappa shape index (κ2) is 57.3. The van der Waals surface area contributed by atoms with Gasteiger partial charge in [0.25, 0.3) is 0 Å². The third-order valence-electron chi connectivity index (χ3n) is 12.8. The highest BCUT2D eigenvalue weighted by atomic mass is 35.5. The summed E-state index contributed by atoms with van der Waals surface area (Å²) < 4.78 is 33.2. The van der Waals surface area contributed by atoms with Crippen molar-refractivity contribution in [2.45, 2.75) is 252 Å². The zero-order valence-electron chi connectivity index (χ0n) is 45.4. The Kier molecular flexibility index (Phi) is 65.8. The van der Waals surface area contributed by atoms with Crippen LogP contribution in [0.4, 0.5) is 0 Å². The molecule has 0 rings (SSSR count). The Hall–Kier alpha value is 0.694. The highest BCUT2D eigenvalue weighted by Crippen LogP contribution is 2.19. The Morgan fingerprint density at radius 1 is 0.369 bits per heavy atom. The zero-order valence-corrected chi connectivity index (χ0v) is 48.9. The molecule has 400 valence electrons. The van der Waals surface area contributed by atoms with Gasteiger partial charge in [-0.3, -0.25) is 0 Å². The predicted molar refractivity (Wildman–Crippen MR) is 289 cm³/mol. The molecule has 0 spiro atoms. The lowest BCUT2D eigenvalue weighted by Crippen LogP contribution is -3.00. The summed E-state index contributed by atoms with van der Waals surface area (Å²) in [6.07, 6.45) is 48.2. The van der Waals surface area contributed by atoms with Crippen LogP contribution in [0.3, 0.4) is 0 Å². The maximum Gasteiger partial charge on any atom is 0.500 e. The summed E-state index contributed by atoms with van der Waals surface area (Å²) >= 11 is 5.53. The van der Waals surface area contributed by atoms with Crippen LogP contribution in [0.2, 0.25) is 12.1 Å². The highest BCUT2D eigenvalue weighted by molar-refractivity contribution is 6.60. The molecular weight excluding hydrogens is 888 g/mol. The lowest BCUT2D eigenvalue weighted by molar-refractivity contribution is -0.890. The number of halogens is 2. The van der Waals surface area contributed by atoms with E-state index < -0.39 is 17.6 Å². The molecule has 0 saturated heterocycles. The van der Waals surface area contributed by atoms with Crippen LogP contribution in [0, 0.1) is 0 Å². The van der Waals surface area contributed by atoms with Crippen LogP contribution < -0.4 is 12.4 Å². The smallest absolute Gasteiger partial charge is 0.500 e. The molecule has 0 aliphatic rings. The van der Waals surface area contributed by atoms with Crippen LogP contribution in [-0.2, 0) is 26.6 Å². The highest BCUT2D eigenvalue weighted by Gasteiger charge is 2.38. The molecule has 0 bridgehead atoms. The van der Waals surface area contributed by atoms with Gasteiger partial charge in [0.1, 0.15) is 0 Å². The zero-order chi connectivity index (χ0) is 47.6. The Balaban J connectivity index is -0.000000304. The Morgan fingerprint density at radius 3 is 0.846 bits per heavy atom. The van der Waals surface area contributed by atoms with Gasteiger partial charge in [0.15, 0.2) is 0 Å². The summed E-state index contributed by atoms with van der Waals surface area (Å²) in [5.74, 6) is 0.616. The fraction of sp³-hybridized carbons (Fsp3) is 1.00. The SMILES string of the molecule is C.CCCCCCCCCCCCCCCCCCN(C)C.CCCCCCCCCCCCCCCCCC[N+](C)(C)CCC[Si](OC)(OC)OC.CO[Si](CCCCl)(OC)OC.[Cl-]. The summed E-state index contributed by atoms with van der Waals surface area (Å²) in [4.78, 5) is 2.30. The van der Waals surface area contributed by atoms with Crippen LogP contribution in [-0.4, -0.2) is 123 Å². The molecule has 0 aromatic heterocycles. The van der Waals surface area contributed by atoms with Crippen molar-refractivity contribution in [3.05, 3.63) is 0 Å². The van der Waals surface area contributed by atoms with Gasteiger partial charge in [-0.15, -0.1) is 11.6 Å². The number of nitrogens with zero attached hydrogens (tertiary/aromatic N) is 2. The first-order valence-corrected chi connectivity index (χ1v) is 31.2. The number of alkyl halides is 1. The average Bonchev–Trinajstić information content (AvgIpc) is 3.28. The fourth-order valence-electron chi connectivity index (χ4n) is 8.30. The van der Waals surface area contributed by atoms with Crippen molar-refractivity contribution in [2.75, 3.05) is 96.4 Å². The van der Waals surface area contributed by atoms with Crippen molar-refractivity contribution < 1.29 is 43.4 Å². The topological polar surface area (TPSA) is 58.6 Å². The number of quaternary nitrogens is 1. The first kappa shape index (κ1) is 74.6. The lowest BCUT2D eigenvalue weighted by Gasteiger charge is -2.31. The third-order valence-corrected chi connectivity index (χ3v) is 18.7. The van der Waals surface area contributed by atoms with Crippen molar-refractivity contribution in [2.24, 2.45) is 0 Å². The van der Waals surface area contributed by atoms with Crippen molar-refractivity contribution in [1.29, 1.82) is 0 Å². The van der Waals surface area contributed by atoms with Gasteiger partial charge >= 0.3 is 17.6 Å². The lowest BCUT2D eigenvalue weighted by atomic mass is 10.0. The normalized spacial score (nSPS) is 11.7. The number of unbranched alkanes of at least 4 members (excludes halogenated alkanes) is 30. The van der Waals surface area contributed by atoms with E-state index in [0.29, 0.717) is 5.88 Å². The summed E-state index contributed by atoms with van der Waals surface area (Å²) in [6.45, 7) is 8.27. The van der Waals surface area contributed by atoms with Gasteiger partial charge in [0.05, 0.1) is 27.2 Å². The molecule has 0 heterocycles. The first-order valence-electron chi connectivity index (χ1n) is 26.8. The average molecular weight is 1010 g/mol. The molecule has 0 aliphatic heterocycles. The van der Waals surface area contributed by atoms with Crippen molar-refractivity contribution >= 4 is 29.2 Å². The molecule has 0 unspecified atom stereocenters. The van der Waals surface area contributed by atoms with E-state index in [1.807, 2.05) is 0 Å². The summed E-state index contributed by atoms with van der Waals surface area (Å²) in [7, 11) is 14.2. The van der Waals surface area contributed by atoms with Gasteiger partial charge < -0.3 is 48.3 Å². The van der Waals surface area contributed by atoms with E-state index >= 15 is 0 Å². The molecule has 65 heavy (non-hydrogen) atoms. The van der Waals surface area contributed by atoms with Gasteiger partial charge in [0, 0.05) is 67.0 Å². The van der Waals surface area contributed by atoms with E-state index in [4.69, 9.17) is 38.2 Å². The van der Waals surface area contributed by atoms with E-state index in [-0.39, 0.29) is 19.8 Å². The molecule has 0 N–H and O–H groups in total. The van der Waals surface area contributed by atoms with Crippen LogP contribution in [0.5, 0.6) is 0 Å². The Bertz CT molecular complexity index is 845. The van der Waals surface area contributed by atoms with Gasteiger partial charge in [-0.25, -0.2) is 0 Å². The monoisotopic (exact) mass is 1010 g/mol. The predicted octanol–water partition coefficient (Wildman–Crippen LogP) is 13.5. The number of rotatable bonds is 47. The molecule has 0 saturated carbocycles. The first-order chi connectivity index (χ1) is 30.5. The van der Waals surface area contributed by atoms with Gasteiger partial charge in [-0.2, -0.15) is 0 Å². The quantitative estimate of drug-likeness (QED) is 0.0261. The Morgan fingerprint density at radius 2 is 0.600 bits per heavy atom. The largest absolute Gasteiger partial charge is 1.00 e. The van der Waals surface area contributed by atoms with Crippen LogP contribution in [0.1, 0.15) is 240 Å². The minimum absolute atomic E-state index is 0. The van der Waals surface area contributed by atoms with Crippen molar-refractivity contribution in [3.63, 3.8) is 0 Å². The van der Waals surface area contributed by atoms with Crippen LogP contribution >= 0.6 is 11.6 Å². The molecule has 0 atom stereocenters. The molecule has 0 aliphatic carbocycles. The summed E-state index contributed by atoms with van der Waals surface area (Å²) in [6, 6.07) is 1.68. The van der Waals surface area contributed by atoms with Crippen molar-refractivity contribution in [1.82, 2.24) is 4.90 Å². The minimum atomic E-state index is -2.40. The fourth-order valence-corrected chi connectivity index (χ4v) is 12.1. The van der Waals surface area contributed by atoms with Crippen molar-refractivity contribution in [3.8, 4) is 0 Å². The van der Waals surface area contributed by atoms with Crippen LogP contribution in [0.25, 0.3) is 0 Å². The third kappa shape index (κ3) is 53.9. The minimum Gasteiger partial charge on any atom is -1.00 e. The van der Waals surface area contributed by atoms with Gasteiger partial charge in [0.2, 0.25) is 0 Å². The Labute approximate surface area is 423 Å². The maximum absolute atomic E-state index is 5.53. The van der Waals surface area contributed by atoms with Gasteiger partial charge in [-0.05, 0) is 46.3 Å². The van der Waals surface area contributed by atoms with Gasteiger partial charge in [-0.1, -0.05) is 207 Å².